The number of nitrogens with one attached hydrogen (secondary N) is 1. The van der Waals surface area contributed by atoms with E-state index in [1.54, 1.807) is 0 Å². The summed E-state index contributed by atoms with van der Waals surface area (Å²) in [6.45, 7) is 6.56. The zero-order chi connectivity index (χ0) is 28.7. The van der Waals surface area contributed by atoms with E-state index in [2.05, 4.69) is 59.6 Å². The molecule has 2 aliphatic carbocycles. The quantitative estimate of drug-likeness (QED) is 0.352. The lowest BCUT2D eigenvalue weighted by Gasteiger charge is -2.39. The highest BCUT2D eigenvalue weighted by atomic mass is 19.4. The number of halogens is 4. The first-order chi connectivity index (χ1) is 19.1. The summed E-state index contributed by atoms with van der Waals surface area (Å²) >= 11 is 0. The van der Waals surface area contributed by atoms with Crippen molar-refractivity contribution in [1.29, 1.82) is 0 Å². The molecule has 5 rings (SSSR count). The van der Waals surface area contributed by atoms with Crippen LogP contribution in [0.5, 0.6) is 0 Å². The largest absolute Gasteiger partial charge is 0.416 e. The molecule has 1 aliphatic heterocycles. The maximum atomic E-state index is 13.0. The van der Waals surface area contributed by atoms with Crippen molar-refractivity contribution in [2.24, 2.45) is 23.7 Å². The van der Waals surface area contributed by atoms with Gasteiger partial charge in [0.2, 0.25) is 5.91 Å². The summed E-state index contributed by atoms with van der Waals surface area (Å²) in [5.74, 6) is 2.53. The van der Waals surface area contributed by atoms with Gasteiger partial charge in [-0.15, -0.1) is 0 Å². The van der Waals surface area contributed by atoms with Crippen LogP contribution in [0.4, 0.5) is 17.6 Å². The van der Waals surface area contributed by atoms with Gasteiger partial charge in [-0.3, -0.25) is 4.79 Å². The minimum absolute atomic E-state index is 0.153. The van der Waals surface area contributed by atoms with Crippen LogP contribution in [-0.2, 0) is 17.4 Å². The number of likely N-dealkylation sites (tertiary alicyclic amines) is 1. The van der Waals surface area contributed by atoms with Gasteiger partial charge in [0.05, 0.1) is 5.56 Å². The standard InChI is InChI=1S/C22H31N.C11H11F4NO/c1-17-16-23(22-12-11-21(15-22)20-9-10-20)14-13-19(17)8-7-18-5-3-2-4-6-18;1-7(17)16-3-2-8-4-9(11(13,14)15)6-10(12)5-8/h2-8,17,19-22H,9-16H2,1H3;4-6H,2-3H2,1H3,(H,16,17)/b8-7-;. The van der Waals surface area contributed by atoms with E-state index in [4.69, 9.17) is 0 Å². The monoisotopic (exact) mass is 558 g/mol. The topological polar surface area (TPSA) is 32.3 Å². The molecule has 3 aliphatic rings. The molecular formula is C33H42F4N2O. The lowest BCUT2D eigenvalue weighted by molar-refractivity contribution is -0.137. The van der Waals surface area contributed by atoms with Crippen molar-refractivity contribution >= 4 is 12.0 Å². The van der Waals surface area contributed by atoms with Gasteiger partial charge in [0, 0.05) is 26.1 Å². The third-order valence-corrected chi connectivity index (χ3v) is 8.66. The first-order valence-electron chi connectivity index (χ1n) is 14.7. The summed E-state index contributed by atoms with van der Waals surface area (Å²) in [7, 11) is 0. The molecule has 218 valence electrons. The van der Waals surface area contributed by atoms with Gasteiger partial charge in [0.1, 0.15) is 5.82 Å². The molecule has 4 unspecified atom stereocenters. The van der Waals surface area contributed by atoms with Crippen LogP contribution in [0.3, 0.4) is 0 Å². The number of nitrogens with zero attached hydrogens (tertiary/aromatic N) is 1. The van der Waals surface area contributed by atoms with E-state index in [-0.39, 0.29) is 24.4 Å². The maximum Gasteiger partial charge on any atom is 0.416 e. The summed E-state index contributed by atoms with van der Waals surface area (Å²) in [6, 6.07) is 14.0. The molecule has 0 aromatic heterocycles. The van der Waals surface area contributed by atoms with Crippen molar-refractivity contribution in [1.82, 2.24) is 10.2 Å². The number of benzene rings is 2. The minimum Gasteiger partial charge on any atom is -0.356 e. The molecule has 2 aromatic rings. The first kappa shape index (κ1) is 30.3. The summed E-state index contributed by atoms with van der Waals surface area (Å²) in [4.78, 5) is 13.4. The fourth-order valence-corrected chi connectivity index (χ4v) is 6.27. The van der Waals surface area contributed by atoms with Gasteiger partial charge in [0.15, 0.2) is 0 Å². The zero-order valence-electron chi connectivity index (χ0n) is 23.6. The predicted octanol–water partition coefficient (Wildman–Crippen LogP) is 7.76. The van der Waals surface area contributed by atoms with Crippen LogP contribution in [0.15, 0.2) is 54.6 Å². The molecule has 1 heterocycles. The fourth-order valence-electron chi connectivity index (χ4n) is 6.27. The molecule has 2 saturated carbocycles. The molecule has 0 bridgehead atoms. The maximum absolute atomic E-state index is 13.0. The highest BCUT2D eigenvalue weighted by molar-refractivity contribution is 5.72. The molecule has 1 amide bonds. The Hall–Kier alpha value is -2.67. The number of carbonyl (C=O) groups excluding carboxylic acids is 1. The average Bonchev–Trinajstić information content (AvgIpc) is 3.64. The number of hydrogen-bond acceptors (Lipinski definition) is 2. The van der Waals surface area contributed by atoms with Crippen LogP contribution in [-0.4, -0.2) is 36.5 Å². The Labute approximate surface area is 236 Å². The number of alkyl halides is 3. The van der Waals surface area contributed by atoms with Gasteiger partial charge < -0.3 is 10.2 Å². The molecule has 7 heteroatoms. The fraction of sp³-hybridized carbons (Fsp3) is 0.545. The SMILES string of the molecule is CC(=O)NCCc1cc(F)cc(C(F)(F)F)c1.CC1CN(C2CCC(C3CC3)C2)CCC1/C=C\c1ccccc1. The van der Waals surface area contributed by atoms with Crippen LogP contribution in [0.2, 0.25) is 0 Å². The predicted molar refractivity (Wildman–Crippen MR) is 152 cm³/mol. The normalized spacial score (nSPS) is 25.4. The number of carbonyl (C=O) groups is 1. The van der Waals surface area contributed by atoms with E-state index < -0.39 is 17.6 Å². The third-order valence-electron chi connectivity index (χ3n) is 8.66. The van der Waals surface area contributed by atoms with E-state index in [1.807, 2.05) is 0 Å². The van der Waals surface area contributed by atoms with Gasteiger partial charge in [-0.2, -0.15) is 13.2 Å². The second-order valence-corrected chi connectivity index (χ2v) is 11.8. The lowest BCUT2D eigenvalue weighted by Crippen LogP contribution is -2.44. The van der Waals surface area contributed by atoms with Crippen LogP contribution in [0.1, 0.15) is 69.1 Å². The molecule has 3 fully saturated rings. The molecule has 0 spiro atoms. The average molecular weight is 559 g/mol. The Morgan fingerprint density at radius 2 is 1.75 bits per heavy atom. The lowest BCUT2D eigenvalue weighted by atomic mass is 9.85. The first-order valence-corrected chi connectivity index (χ1v) is 14.7. The van der Waals surface area contributed by atoms with Crippen molar-refractivity contribution in [2.75, 3.05) is 19.6 Å². The van der Waals surface area contributed by atoms with E-state index in [1.165, 1.54) is 64.1 Å². The number of allylic oxidation sites excluding steroid dienone is 1. The zero-order valence-corrected chi connectivity index (χ0v) is 23.6. The molecule has 2 aromatic carbocycles. The van der Waals surface area contributed by atoms with Gasteiger partial charge >= 0.3 is 6.18 Å². The highest BCUT2D eigenvalue weighted by Crippen LogP contribution is 2.46. The Morgan fingerprint density at radius 1 is 1.02 bits per heavy atom. The Morgan fingerprint density at radius 3 is 2.40 bits per heavy atom. The number of hydrogen-bond donors (Lipinski definition) is 1. The molecule has 0 radical (unpaired) electrons. The summed E-state index contributed by atoms with van der Waals surface area (Å²) in [6.07, 6.45) is 9.27. The smallest absolute Gasteiger partial charge is 0.356 e. The van der Waals surface area contributed by atoms with Crippen LogP contribution in [0.25, 0.3) is 6.08 Å². The Balaban J connectivity index is 0.000000195. The number of piperidine rings is 1. The third kappa shape index (κ3) is 9.18. The van der Waals surface area contributed by atoms with E-state index in [0.717, 1.165) is 41.8 Å². The summed E-state index contributed by atoms with van der Waals surface area (Å²) in [5.41, 5.74) is 0.520. The molecule has 4 atom stereocenters. The van der Waals surface area contributed by atoms with Crippen molar-refractivity contribution in [3.8, 4) is 0 Å². The molecular weight excluding hydrogens is 516 g/mol. The number of amides is 1. The molecule has 1 N–H and O–H groups in total. The Bertz CT molecular complexity index is 1130. The molecule has 40 heavy (non-hydrogen) atoms. The van der Waals surface area contributed by atoms with Gasteiger partial charge in [-0.25, -0.2) is 4.39 Å². The van der Waals surface area contributed by atoms with Crippen molar-refractivity contribution in [3.05, 3.63) is 77.1 Å². The van der Waals surface area contributed by atoms with Crippen molar-refractivity contribution in [3.63, 3.8) is 0 Å². The van der Waals surface area contributed by atoms with Crippen molar-refractivity contribution in [2.45, 2.75) is 71.0 Å². The van der Waals surface area contributed by atoms with E-state index >= 15 is 0 Å². The van der Waals surface area contributed by atoms with Crippen LogP contribution < -0.4 is 5.32 Å². The number of rotatable bonds is 7. The second kappa shape index (κ2) is 13.8. The second-order valence-electron chi connectivity index (χ2n) is 11.8. The van der Waals surface area contributed by atoms with Gasteiger partial charge in [0.25, 0.3) is 0 Å². The summed E-state index contributed by atoms with van der Waals surface area (Å²) in [5, 5.41) is 2.43. The Kier molecular flexibility index (Phi) is 10.4. The van der Waals surface area contributed by atoms with Gasteiger partial charge in [-0.05, 0) is 104 Å². The van der Waals surface area contributed by atoms with Crippen LogP contribution in [0, 0.1) is 29.5 Å². The minimum atomic E-state index is -4.56. The van der Waals surface area contributed by atoms with Crippen LogP contribution >= 0.6 is 0 Å². The van der Waals surface area contributed by atoms with Crippen molar-refractivity contribution < 1.29 is 22.4 Å². The van der Waals surface area contributed by atoms with Gasteiger partial charge in [-0.1, -0.05) is 49.4 Å². The summed E-state index contributed by atoms with van der Waals surface area (Å²) < 4.78 is 50.0. The highest BCUT2D eigenvalue weighted by Gasteiger charge is 2.39. The molecule has 1 saturated heterocycles. The van der Waals surface area contributed by atoms with E-state index in [0.29, 0.717) is 6.07 Å². The molecule has 3 nitrogen and oxygen atoms in total. The van der Waals surface area contributed by atoms with E-state index in [9.17, 15) is 22.4 Å².